The molecular weight excluding hydrogens is 338 g/mol. The van der Waals surface area contributed by atoms with Crippen LogP contribution in [0.3, 0.4) is 0 Å². The largest absolute Gasteiger partial charge is 0.338 e. The molecule has 3 rings (SSSR count). The van der Waals surface area contributed by atoms with Gasteiger partial charge in [-0.2, -0.15) is 0 Å². The maximum absolute atomic E-state index is 13.0. The van der Waals surface area contributed by atoms with E-state index in [2.05, 4.69) is 12.1 Å². The number of carbonyl (C=O) groups excluding carboxylic acids is 2. The minimum absolute atomic E-state index is 0.00835. The fourth-order valence-corrected chi connectivity index (χ4v) is 3.46. The number of likely N-dealkylation sites (tertiary alicyclic amines) is 1. The normalized spacial score (nSPS) is 13.8. The summed E-state index contributed by atoms with van der Waals surface area (Å²) in [6.45, 7) is 2.96. The van der Waals surface area contributed by atoms with Crippen molar-refractivity contribution in [2.24, 2.45) is 5.73 Å². The van der Waals surface area contributed by atoms with Crippen molar-refractivity contribution in [2.75, 3.05) is 26.2 Å². The summed E-state index contributed by atoms with van der Waals surface area (Å²) in [6.07, 6.45) is 2.35. The Hall–Kier alpha value is -2.66. The summed E-state index contributed by atoms with van der Waals surface area (Å²) in [4.78, 5) is 28.5. The first-order chi connectivity index (χ1) is 13.2. The second-order valence-corrected chi connectivity index (χ2v) is 6.94. The Morgan fingerprint density at radius 2 is 1.81 bits per heavy atom. The summed E-state index contributed by atoms with van der Waals surface area (Å²) in [5.74, 6) is 0.185. The van der Waals surface area contributed by atoms with Crippen molar-refractivity contribution in [1.29, 1.82) is 0 Å². The zero-order valence-corrected chi connectivity index (χ0v) is 15.6. The zero-order valence-electron chi connectivity index (χ0n) is 15.6. The molecule has 142 valence electrons. The van der Waals surface area contributed by atoms with Crippen LogP contribution in [0.5, 0.6) is 0 Å². The predicted octanol–water partition coefficient (Wildman–Crippen LogP) is 2.45. The maximum atomic E-state index is 13.0. The number of hydrogen-bond donors (Lipinski definition) is 1. The molecule has 0 aliphatic carbocycles. The molecule has 0 bridgehead atoms. The molecule has 0 radical (unpaired) electrons. The Balaban J connectivity index is 1.67. The summed E-state index contributed by atoms with van der Waals surface area (Å²) in [5.41, 5.74) is 8.58. The first kappa shape index (κ1) is 19.1. The average Bonchev–Trinajstić information content (AvgIpc) is 3.10. The van der Waals surface area contributed by atoms with Gasteiger partial charge in [-0.25, -0.2) is 0 Å². The van der Waals surface area contributed by atoms with Crippen molar-refractivity contribution in [3.05, 3.63) is 71.3 Å². The predicted molar refractivity (Wildman–Crippen MR) is 106 cm³/mol. The maximum Gasteiger partial charge on any atom is 0.253 e. The molecular formula is C22H27N3O2. The molecule has 0 unspecified atom stereocenters. The smallest absolute Gasteiger partial charge is 0.253 e. The van der Waals surface area contributed by atoms with Crippen molar-refractivity contribution in [1.82, 2.24) is 9.80 Å². The van der Waals surface area contributed by atoms with Gasteiger partial charge in [0.15, 0.2) is 0 Å². The molecule has 5 heteroatoms. The molecule has 1 heterocycles. The van der Waals surface area contributed by atoms with Crippen molar-refractivity contribution in [2.45, 2.75) is 25.8 Å². The number of hydrogen-bond acceptors (Lipinski definition) is 3. The van der Waals surface area contributed by atoms with Crippen molar-refractivity contribution in [3.8, 4) is 0 Å². The molecule has 1 aliphatic heterocycles. The SMILES string of the molecule is NCCN(CCc1ccccc1)C(=O)c1cccc(CN2CCCC2=O)c1. The Kier molecular flexibility index (Phi) is 6.60. The number of rotatable bonds is 8. The van der Waals surface area contributed by atoms with E-state index in [9.17, 15) is 9.59 Å². The highest BCUT2D eigenvalue weighted by Crippen LogP contribution is 2.16. The molecule has 2 aromatic carbocycles. The molecule has 1 aliphatic rings. The number of amides is 2. The van der Waals surface area contributed by atoms with Gasteiger partial charge < -0.3 is 15.5 Å². The number of benzene rings is 2. The zero-order chi connectivity index (χ0) is 19.1. The first-order valence-corrected chi connectivity index (χ1v) is 9.57. The van der Waals surface area contributed by atoms with Crippen LogP contribution in [0.4, 0.5) is 0 Å². The van der Waals surface area contributed by atoms with Crippen LogP contribution in [0.2, 0.25) is 0 Å². The van der Waals surface area contributed by atoms with E-state index >= 15 is 0 Å². The Morgan fingerprint density at radius 1 is 1.04 bits per heavy atom. The highest BCUT2D eigenvalue weighted by Gasteiger charge is 2.21. The molecule has 1 saturated heterocycles. The van der Waals surface area contributed by atoms with E-state index < -0.39 is 0 Å². The van der Waals surface area contributed by atoms with Crippen LogP contribution in [0.1, 0.15) is 34.3 Å². The van der Waals surface area contributed by atoms with E-state index in [1.807, 2.05) is 52.3 Å². The second kappa shape index (κ2) is 9.33. The van der Waals surface area contributed by atoms with Gasteiger partial charge in [-0.15, -0.1) is 0 Å². The summed E-state index contributed by atoms with van der Waals surface area (Å²) in [5, 5.41) is 0. The van der Waals surface area contributed by atoms with Gasteiger partial charge in [0.1, 0.15) is 0 Å². The lowest BCUT2D eigenvalue weighted by Crippen LogP contribution is -2.37. The van der Waals surface area contributed by atoms with Crippen LogP contribution in [0, 0.1) is 0 Å². The lowest BCUT2D eigenvalue weighted by molar-refractivity contribution is -0.128. The van der Waals surface area contributed by atoms with Gasteiger partial charge in [0.2, 0.25) is 5.91 Å². The lowest BCUT2D eigenvalue weighted by Gasteiger charge is -2.23. The van der Waals surface area contributed by atoms with E-state index in [4.69, 9.17) is 5.73 Å². The Morgan fingerprint density at radius 3 is 2.52 bits per heavy atom. The molecule has 0 spiro atoms. The van der Waals surface area contributed by atoms with Crippen LogP contribution in [0.15, 0.2) is 54.6 Å². The van der Waals surface area contributed by atoms with Crippen molar-refractivity contribution >= 4 is 11.8 Å². The van der Waals surface area contributed by atoms with E-state index in [0.29, 0.717) is 38.2 Å². The second-order valence-electron chi connectivity index (χ2n) is 6.94. The van der Waals surface area contributed by atoms with Gasteiger partial charge in [0, 0.05) is 44.7 Å². The summed E-state index contributed by atoms with van der Waals surface area (Å²) < 4.78 is 0. The molecule has 2 amide bonds. The molecule has 2 N–H and O–H groups in total. The van der Waals surface area contributed by atoms with E-state index in [1.165, 1.54) is 5.56 Å². The number of nitrogens with two attached hydrogens (primary N) is 1. The summed E-state index contributed by atoms with van der Waals surface area (Å²) in [7, 11) is 0. The molecule has 0 aromatic heterocycles. The van der Waals surface area contributed by atoms with Gasteiger partial charge in [0.05, 0.1) is 0 Å². The highest BCUT2D eigenvalue weighted by atomic mass is 16.2. The Bertz CT molecular complexity index is 776. The third-order valence-corrected chi connectivity index (χ3v) is 4.92. The minimum atomic E-state index is -0.00835. The average molecular weight is 365 g/mol. The fourth-order valence-electron chi connectivity index (χ4n) is 3.46. The number of nitrogens with zero attached hydrogens (tertiary/aromatic N) is 2. The standard InChI is InChI=1S/C22H27N3O2/c23-12-15-24(14-11-18-6-2-1-3-7-18)22(27)20-9-4-8-19(16-20)17-25-13-5-10-21(25)26/h1-4,6-9,16H,5,10-15,17,23H2. The van der Waals surface area contributed by atoms with Crippen LogP contribution in [-0.4, -0.2) is 47.8 Å². The van der Waals surface area contributed by atoms with Crippen LogP contribution in [0.25, 0.3) is 0 Å². The Labute approximate surface area is 160 Å². The topological polar surface area (TPSA) is 66.6 Å². The summed E-state index contributed by atoms with van der Waals surface area (Å²) in [6, 6.07) is 17.7. The molecule has 0 saturated carbocycles. The van der Waals surface area contributed by atoms with Gasteiger partial charge in [-0.05, 0) is 36.1 Å². The van der Waals surface area contributed by atoms with E-state index in [-0.39, 0.29) is 11.8 Å². The highest BCUT2D eigenvalue weighted by molar-refractivity contribution is 5.94. The third-order valence-electron chi connectivity index (χ3n) is 4.92. The quantitative estimate of drug-likeness (QED) is 0.781. The van der Waals surface area contributed by atoms with Crippen molar-refractivity contribution in [3.63, 3.8) is 0 Å². The van der Waals surface area contributed by atoms with E-state index in [0.717, 1.165) is 24.9 Å². The monoisotopic (exact) mass is 365 g/mol. The molecule has 27 heavy (non-hydrogen) atoms. The molecule has 2 aromatic rings. The molecule has 1 fully saturated rings. The van der Waals surface area contributed by atoms with Gasteiger partial charge in [0.25, 0.3) is 5.91 Å². The van der Waals surface area contributed by atoms with Crippen LogP contribution < -0.4 is 5.73 Å². The van der Waals surface area contributed by atoms with Gasteiger partial charge >= 0.3 is 0 Å². The van der Waals surface area contributed by atoms with Crippen molar-refractivity contribution < 1.29 is 9.59 Å². The van der Waals surface area contributed by atoms with Gasteiger partial charge in [-0.1, -0.05) is 42.5 Å². The third kappa shape index (κ3) is 5.17. The first-order valence-electron chi connectivity index (χ1n) is 9.57. The minimum Gasteiger partial charge on any atom is -0.338 e. The summed E-state index contributed by atoms with van der Waals surface area (Å²) >= 11 is 0. The lowest BCUT2D eigenvalue weighted by atomic mass is 10.1. The van der Waals surface area contributed by atoms with Crippen LogP contribution >= 0.6 is 0 Å². The fraction of sp³-hybridized carbons (Fsp3) is 0.364. The van der Waals surface area contributed by atoms with Crippen LogP contribution in [-0.2, 0) is 17.8 Å². The molecule has 0 atom stereocenters. The number of carbonyl (C=O) groups is 2. The van der Waals surface area contributed by atoms with E-state index in [1.54, 1.807) is 0 Å². The molecule has 5 nitrogen and oxygen atoms in total. The van der Waals surface area contributed by atoms with Gasteiger partial charge in [-0.3, -0.25) is 9.59 Å².